The Morgan fingerprint density at radius 1 is 1.21 bits per heavy atom. The summed E-state index contributed by atoms with van der Waals surface area (Å²) in [7, 11) is -2.97. The maximum atomic E-state index is 12.7. The van der Waals surface area contributed by atoms with Crippen molar-refractivity contribution in [2.24, 2.45) is 11.8 Å². The molecular formula is C25H40N2O5Si. The van der Waals surface area contributed by atoms with Gasteiger partial charge in [0, 0.05) is 11.8 Å². The van der Waals surface area contributed by atoms with Crippen LogP contribution in [0.1, 0.15) is 68.7 Å². The van der Waals surface area contributed by atoms with E-state index in [0.29, 0.717) is 17.8 Å². The molecule has 0 saturated carbocycles. The van der Waals surface area contributed by atoms with Crippen LogP contribution in [-0.4, -0.2) is 49.7 Å². The maximum Gasteiger partial charge on any atom is 0.346 e. The Morgan fingerprint density at radius 3 is 2.21 bits per heavy atom. The number of hydrogen-bond donors (Lipinski definition) is 0. The first-order valence-corrected chi connectivity index (χ1v) is 14.1. The summed E-state index contributed by atoms with van der Waals surface area (Å²) in [5.41, 5.74) is 0.236. The third-order valence-corrected chi connectivity index (χ3v) is 11.9. The summed E-state index contributed by atoms with van der Waals surface area (Å²) in [6, 6.07) is 2.31. The zero-order chi connectivity index (χ0) is 24.9. The van der Waals surface area contributed by atoms with E-state index in [1.165, 1.54) is 5.06 Å². The highest BCUT2D eigenvalue weighted by Crippen LogP contribution is 2.55. The largest absolute Gasteiger partial charge is 0.385 e. The lowest BCUT2D eigenvalue weighted by Gasteiger charge is -2.57. The Morgan fingerprint density at radius 2 is 1.79 bits per heavy atom. The van der Waals surface area contributed by atoms with Gasteiger partial charge < -0.3 is 13.6 Å². The number of hydrogen-bond acceptors (Lipinski definition) is 6. The highest BCUT2D eigenvalue weighted by Gasteiger charge is 2.70. The van der Waals surface area contributed by atoms with E-state index < -0.39 is 32.1 Å². The fraction of sp³-hybridized carbons (Fsp3) is 0.760. The van der Waals surface area contributed by atoms with Crippen LogP contribution < -0.4 is 0 Å². The lowest BCUT2D eigenvalue weighted by Crippen LogP contribution is -2.74. The van der Waals surface area contributed by atoms with Gasteiger partial charge in [-0.3, -0.25) is 9.63 Å². The van der Waals surface area contributed by atoms with E-state index in [0.717, 1.165) is 0 Å². The van der Waals surface area contributed by atoms with Gasteiger partial charge in [0.15, 0.2) is 5.79 Å². The number of β-lactam (4-membered cyclic amide) rings is 1. The molecule has 1 spiro atoms. The van der Waals surface area contributed by atoms with Gasteiger partial charge in [-0.15, -0.1) is 0 Å². The van der Waals surface area contributed by atoms with Crippen molar-refractivity contribution in [3.05, 3.63) is 23.8 Å². The Labute approximate surface area is 199 Å². The third-order valence-electron chi connectivity index (χ3n) is 7.46. The van der Waals surface area contributed by atoms with Crippen molar-refractivity contribution >= 4 is 14.5 Å². The Hall–Kier alpha value is -1.50. The van der Waals surface area contributed by atoms with Gasteiger partial charge in [0.1, 0.15) is 17.7 Å². The van der Waals surface area contributed by atoms with Crippen LogP contribution in [0.15, 0.2) is 23.8 Å². The van der Waals surface area contributed by atoms with Crippen molar-refractivity contribution in [2.45, 2.75) is 103 Å². The van der Waals surface area contributed by atoms with Crippen molar-refractivity contribution in [3.8, 4) is 6.07 Å². The van der Waals surface area contributed by atoms with Crippen molar-refractivity contribution in [1.29, 1.82) is 5.26 Å². The van der Waals surface area contributed by atoms with Crippen molar-refractivity contribution < 1.29 is 23.2 Å². The molecule has 184 valence electrons. The summed E-state index contributed by atoms with van der Waals surface area (Å²) < 4.78 is 21.2. The molecule has 8 heteroatoms. The fourth-order valence-electron chi connectivity index (χ4n) is 5.70. The molecule has 2 heterocycles. The molecule has 33 heavy (non-hydrogen) atoms. The molecule has 0 aromatic heterocycles. The molecule has 2 fully saturated rings. The van der Waals surface area contributed by atoms with Gasteiger partial charge in [-0.05, 0) is 29.7 Å². The summed E-state index contributed by atoms with van der Waals surface area (Å²) in [5.74, 6) is -0.981. The van der Waals surface area contributed by atoms with Crippen molar-refractivity contribution in [1.82, 2.24) is 5.06 Å². The SMILES string of the molecule is C=C1C=C(C#N)C2(CC(=O)N2OCC)C2O[Si](C(C)C)(C(C)C)OC(C(C)C)(C(C)C)OC12. The first kappa shape index (κ1) is 26.1. The van der Waals surface area contributed by atoms with Crippen molar-refractivity contribution in [3.63, 3.8) is 0 Å². The van der Waals surface area contributed by atoms with Crippen LogP contribution in [0.3, 0.4) is 0 Å². The molecule has 0 N–H and O–H groups in total. The lowest BCUT2D eigenvalue weighted by molar-refractivity contribution is -0.284. The van der Waals surface area contributed by atoms with Gasteiger partial charge in [0.2, 0.25) is 5.91 Å². The minimum atomic E-state index is -2.97. The van der Waals surface area contributed by atoms with Crippen LogP contribution in [0.5, 0.6) is 0 Å². The molecule has 1 aliphatic carbocycles. The van der Waals surface area contributed by atoms with Crippen LogP contribution in [0, 0.1) is 23.2 Å². The van der Waals surface area contributed by atoms with Crippen LogP contribution in [0.2, 0.25) is 11.1 Å². The topological polar surface area (TPSA) is 81.0 Å². The summed E-state index contributed by atoms with van der Waals surface area (Å²) in [6.07, 6.45) is 0.647. The Kier molecular flexibility index (Phi) is 7.07. The van der Waals surface area contributed by atoms with E-state index in [-0.39, 0.29) is 35.2 Å². The van der Waals surface area contributed by atoms with Crippen LogP contribution >= 0.6 is 0 Å². The number of carbonyl (C=O) groups excluding carboxylic acids is 1. The molecule has 0 aromatic rings. The molecule has 3 aliphatic rings. The second kappa shape index (κ2) is 8.93. The number of ether oxygens (including phenoxy) is 1. The molecule has 3 rings (SSSR count). The predicted octanol–water partition coefficient (Wildman–Crippen LogP) is 5.00. The molecule has 0 bridgehead atoms. The second-order valence-corrected chi connectivity index (χ2v) is 14.9. The Bertz CT molecular complexity index is 859. The second-order valence-electron chi connectivity index (χ2n) is 10.7. The molecule has 1 amide bonds. The van der Waals surface area contributed by atoms with Gasteiger partial charge in [-0.1, -0.05) is 62.0 Å². The van der Waals surface area contributed by atoms with Crippen LogP contribution in [0.4, 0.5) is 0 Å². The first-order valence-electron chi connectivity index (χ1n) is 12.2. The first-order chi connectivity index (χ1) is 15.3. The quantitative estimate of drug-likeness (QED) is 0.396. The van der Waals surface area contributed by atoms with E-state index in [4.69, 9.17) is 18.4 Å². The summed E-state index contributed by atoms with van der Waals surface area (Å²) in [6.45, 7) is 23.4. The molecule has 0 aromatic carbocycles. The number of hydroxylamine groups is 2. The van der Waals surface area contributed by atoms with Gasteiger partial charge in [-0.25, -0.2) is 5.06 Å². The molecule has 3 atom stereocenters. The van der Waals surface area contributed by atoms with Gasteiger partial charge >= 0.3 is 8.56 Å². The van der Waals surface area contributed by atoms with Crippen LogP contribution in [0.25, 0.3) is 0 Å². The standard InChI is InChI=1S/C25H40N2O5Si/c1-11-29-27-21(28)13-24(27)20(14-26)12-19(10)22-23(24)31-33(17(6)7,18(8)9)32-25(30-22,15(2)3)16(4)5/h12,15-18,22-23H,10-11,13H2,1-9H3. The smallest absolute Gasteiger partial charge is 0.346 e. The predicted molar refractivity (Wildman–Crippen MR) is 128 cm³/mol. The van der Waals surface area contributed by atoms with Crippen LogP contribution in [-0.2, 0) is 23.2 Å². The van der Waals surface area contributed by atoms with Gasteiger partial charge in [-0.2, -0.15) is 5.26 Å². The van der Waals surface area contributed by atoms with E-state index in [1.807, 2.05) is 6.92 Å². The number of nitriles is 1. The molecule has 0 radical (unpaired) electrons. The van der Waals surface area contributed by atoms with Crippen molar-refractivity contribution in [2.75, 3.05) is 6.61 Å². The molecule has 2 saturated heterocycles. The van der Waals surface area contributed by atoms with E-state index >= 15 is 0 Å². The zero-order valence-corrected chi connectivity index (χ0v) is 22.6. The fourth-order valence-corrected chi connectivity index (χ4v) is 9.83. The Balaban J connectivity index is 2.30. The molecular weight excluding hydrogens is 436 g/mol. The van der Waals surface area contributed by atoms with Gasteiger partial charge in [0.25, 0.3) is 0 Å². The average Bonchev–Trinajstić information content (AvgIpc) is 2.91. The normalized spacial score (nSPS) is 31.0. The number of rotatable bonds is 6. The molecule has 3 unspecified atom stereocenters. The maximum absolute atomic E-state index is 12.7. The lowest BCUT2D eigenvalue weighted by atomic mass is 9.68. The summed E-state index contributed by atoms with van der Waals surface area (Å²) in [5, 5.41) is 11.4. The summed E-state index contributed by atoms with van der Waals surface area (Å²) >= 11 is 0. The minimum absolute atomic E-state index is 0.0420. The molecule has 7 nitrogen and oxygen atoms in total. The molecule has 2 aliphatic heterocycles. The monoisotopic (exact) mass is 476 g/mol. The average molecular weight is 477 g/mol. The van der Waals surface area contributed by atoms with Gasteiger partial charge in [0.05, 0.1) is 24.7 Å². The zero-order valence-electron chi connectivity index (χ0n) is 21.6. The number of amides is 1. The highest BCUT2D eigenvalue weighted by atomic mass is 28.4. The third kappa shape index (κ3) is 3.64. The van der Waals surface area contributed by atoms with E-state index in [1.54, 1.807) is 6.08 Å². The summed E-state index contributed by atoms with van der Waals surface area (Å²) in [4.78, 5) is 18.5. The van der Waals surface area contributed by atoms with E-state index in [2.05, 4.69) is 68.0 Å². The number of fused-ring (bicyclic) bond motifs is 2. The number of nitrogens with zero attached hydrogens (tertiary/aromatic N) is 2. The number of carbonyl (C=O) groups is 1. The highest BCUT2D eigenvalue weighted by molar-refractivity contribution is 6.70. The minimum Gasteiger partial charge on any atom is -0.385 e. The van der Waals surface area contributed by atoms with E-state index in [9.17, 15) is 10.1 Å².